The van der Waals surface area contributed by atoms with E-state index >= 15 is 0 Å². The Balaban J connectivity index is 1.54. The number of rotatable bonds is 4. The highest BCUT2D eigenvalue weighted by molar-refractivity contribution is 6.31. The second-order valence-electron chi connectivity index (χ2n) is 6.02. The van der Waals surface area contributed by atoms with Gasteiger partial charge in [-0.3, -0.25) is 9.59 Å². The number of hydrogen-bond acceptors (Lipinski definition) is 2. The van der Waals surface area contributed by atoms with Crippen molar-refractivity contribution in [1.82, 2.24) is 5.32 Å². The summed E-state index contributed by atoms with van der Waals surface area (Å²) in [5.41, 5.74) is 1.04. The highest BCUT2D eigenvalue weighted by atomic mass is 35.5. The van der Waals surface area contributed by atoms with E-state index in [4.69, 9.17) is 16.7 Å². The molecule has 1 aromatic carbocycles. The normalized spacial score (nSPS) is 30.9. The van der Waals surface area contributed by atoms with Crippen molar-refractivity contribution >= 4 is 23.5 Å². The quantitative estimate of drug-likeness (QED) is 0.899. The van der Waals surface area contributed by atoms with Crippen LogP contribution in [0.4, 0.5) is 0 Å². The first-order valence-electron chi connectivity index (χ1n) is 7.34. The standard InChI is InChI=1S/C16H18ClNO3/c17-14-4-2-1-3-11(14)12-8-13(12)15(19)18-10-6-5-9(7-10)16(20)21/h1-4,9-10,12-13H,5-8H2,(H,18,19)(H,20,21). The van der Waals surface area contributed by atoms with E-state index in [1.165, 1.54) is 0 Å². The predicted octanol–water partition coefficient (Wildman–Crippen LogP) is 2.81. The van der Waals surface area contributed by atoms with E-state index in [9.17, 15) is 9.59 Å². The third-order valence-electron chi connectivity index (χ3n) is 4.56. The molecule has 0 spiro atoms. The fourth-order valence-corrected chi connectivity index (χ4v) is 3.53. The van der Waals surface area contributed by atoms with Crippen LogP contribution < -0.4 is 5.32 Å². The van der Waals surface area contributed by atoms with E-state index in [1.54, 1.807) is 0 Å². The number of carbonyl (C=O) groups excluding carboxylic acids is 1. The first-order chi connectivity index (χ1) is 10.1. The van der Waals surface area contributed by atoms with E-state index in [1.807, 2.05) is 24.3 Å². The molecule has 1 amide bonds. The first-order valence-corrected chi connectivity index (χ1v) is 7.71. The molecule has 3 rings (SSSR count). The summed E-state index contributed by atoms with van der Waals surface area (Å²) in [4.78, 5) is 23.2. The van der Waals surface area contributed by atoms with Crippen molar-refractivity contribution in [1.29, 1.82) is 0 Å². The van der Waals surface area contributed by atoms with Gasteiger partial charge in [-0.15, -0.1) is 0 Å². The third kappa shape index (κ3) is 3.05. The lowest BCUT2D eigenvalue weighted by molar-refractivity contribution is -0.141. The summed E-state index contributed by atoms with van der Waals surface area (Å²) < 4.78 is 0. The average molecular weight is 308 g/mol. The largest absolute Gasteiger partial charge is 0.481 e. The maximum absolute atomic E-state index is 12.2. The molecular weight excluding hydrogens is 290 g/mol. The third-order valence-corrected chi connectivity index (χ3v) is 4.90. The van der Waals surface area contributed by atoms with Crippen molar-refractivity contribution in [2.75, 3.05) is 0 Å². The van der Waals surface area contributed by atoms with Gasteiger partial charge in [-0.25, -0.2) is 0 Å². The van der Waals surface area contributed by atoms with E-state index < -0.39 is 5.97 Å². The van der Waals surface area contributed by atoms with Crippen LogP contribution in [-0.2, 0) is 9.59 Å². The van der Waals surface area contributed by atoms with Gasteiger partial charge in [0.05, 0.1) is 5.92 Å². The minimum absolute atomic E-state index is 0.00564. The summed E-state index contributed by atoms with van der Waals surface area (Å²) >= 11 is 6.16. The van der Waals surface area contributed by atoms with Crippen LogP contribution in [0.5, 0.6) is 0 Å². The number of benzene rings is 1. The topological polar surface area (TPSA) is 66.4 Å². The molecule has 0 aliphatic heterocycles. The van der Waals surface area contributed by atoms with Crippen molar-refractivity contribution in [3.05, 3.63) is 34.9 Å². The zero-order valence-corrected chi connectivity index (χ0v) is 12.3. The van der Waals surface area contributed by atoms with Gasteiger partial charge in [-0.2, -0.15) is 0 Å². The molecular formula is C16H18ClNO3. The SMILES string of the molecule is O=C(O)C1CCC(NC(=O)C2CC2c2ccccc2Cl)C1. The summed E-state index contributed by atoms with van der Waals surface area (Å²) in [5.74, 6) is -0.846. The summed E-state index contributed by atoms with van der Waals surface area (Å²) in [7, 11) is 0. The molecule has 1 aromatic rings. The molecule has 2 saturated carbocycles. The van der Waals surface area contributed by atoms with Gasteiger partial charge in [0, 0.05) is 17.0 Å². The molecule has 0 radical (unpaired) electrons. The van der Waals surface area contributed by atoms with Gasteiger partial charge < -0.3 is 10.4 Å². The van der Waals surface area contributed by atoms with Crippen LogP contribution in [0.1, 0.15) is 37.2 Å². The number of aliphatic carboxylic acids is 1. The lowest BCUT2D eigenvalue weighted by Crippen LogP contribution is -2.34. The smallest absolute Gasteiger partial charge is 0.306 e. The fourth-order valence-electron chi connectivity index (χ4n) is 3.25. The number of nitrogens with one attached hydrogen (secondary N) is 1. The van der Waals surface area contributed by atoms with Crippen molar-refractivity contribution in [2.24, 2.45) is 11.8 Å². The maximum atomic E-state index is 12.2. The lowest BCUT2D eigenvalue weighted by Gasteiger charge is -2.12. The summed E-state index contributed by atoms with van der Waals surface area (Å²) in [6.45, 7) is 0. The molecule has 2 N–H and O–H groups in total. The molecule has 4 nitrogen and oxygen atoms in total. The molecule has 0 saturated heterocycles. The second kappa shape index (κ2) is 5.68. The molecule has 21 heavy (non-hydrogen) atoms. The molecule has 2 fully saturated rings. The number of halogens is 1. The number of carbonyl (C=O) groups is 2. The predicted molar refractivity (Wildman–Crippen MR) is 79.2 cm³/mol. The van der Waals surface area contributed by atoms with Crippen LogP contribution in [0.2, 0.25) is 5.02 Å². The van der Waals surface area contributed by atoms with Crippen LogP contribution in [-0.4, -0.2) is 23.0 Å². The van der Waals surface area contributed by atoms with Gasteiger partial charge in [-0.1, -0.05) is 29.8 Å². The number of carboxylic acids is 1. The van der Waals surface area contributed by atoms with Gasteiger partial charge in [0.15, 0.2) is 0 Å². The Kier molecular flexibility index (Phi) is 3.89. The summed E-state index contributed by atoms with van der Waals surface area (Å²) in [5, 5.41) is 12.7. The minimum Gasteiger partial charge on any atom is -0.481 e. The molecule has 0 aromatic heterocycles. The number of amides is 1. The van der Waals surface area contributed by atoms with Crippen molar-refractivity contribution < 1.29 is 14.7 Å². The zero-order valence-electron chi connectivity index (χ0n) is 11.6. The number of carboxylic acid groups (broad SMARTS) is 1. The first kappa shape index (κ1) is 14.4. The van der Waals surface area contributed by atoms with Crippen molar-refractivity contribution in [3.8, 4) is 0 Å². The molecule has 5 heteroatoms. The fraction of sp³-hybridized carbons (Fsp3) is 0.500. The van der Waals surface area contributed by atoms with Crippen LogP contribution in [0, 0.1) is 11.8 Å². The minimum atomic E-state index is -0.757. The average Bonchev–Trinajstić information content (AvgIpc) is 3.11. The Hall–Kier alpha value is -1.55. The van der Waals surface area contributed by atoms with Crippen LogP contribution >= 0.6 is 11.6 Å². The van der Waals surface area contributed by atoms with E-state index in [0.29, 0.717) is 17.9 Å². The molecule has 4 unspecified atom stereocenters. The molecule has 112 valence electrons. The Labute approximate surface area is 128 Å². The summed E-state index contributed by atoms with van der Waals surface area (Å²) in [6.07, 6.45) is 2.78. The monoisotopic (exact) mass is 307 g/mol. The van der Waals surface area contributed by atoms with Crippen LogP contribution in [0.3, 0.4) is 0 Å². The van der Waals surface area contributed by atoms with Crippen LogP contribution in [0.25, 0.3) is 0 Å². The van der Waals surface area contributed by atoms with Gasteiger partial charge in [0.2, 0.25) is 5.91 Å². The van der Waals surface area contributed by atoms with Gasteiger partial charge >= 0.3 is 5.97 Å². The Bertz CT molecular complexity index is 574. The molecule has 2 aliphatic rings. The number of hydrogen-bond donors (Lipinski definition) is 2. The van der Waals surface area contributed by atoms with Gasteiger partial charge in [-0.05, 0) is 43.2 Å². The highest BCUT2D eigenvalue weighted by Crippen LogP contribution is 2.49. The maximum Gasteiger partial charge on any atom is 0.306 e. The molecule has 0 bridgehead atoms. The Morgan fingerprint density at radius 1 is 1.19 bits per heavy atom. The molecule has 0 heterocycles. The van der Waals surface area contributed by atoms with Crippen molar-refractivity contribution in [3.63, 3.8) is 0 Å². The lowest BCUT2D eigenvalue weighted by atomic mass is 10.1. The summed E-state index contributed by atoms with van der Waals surface area (Å²) in [6, 6.07) is 7.64. The molecule has 4 atom stereocenters. The van der Waals surface area contributed by atoms with Gasteiger partial charge in [0.25, 0.3) is 0 Å². The second-order valence-corrected chi connectivity index (χ2v) is 6.43. The van der Waals surface area contributed by atoms with Crippen molar-refractivity contribution in [2.45, 2.75) is 37.6 Å². The Morgan fingerprint density at radius 3 is 2.62 bits per heavy atom. The van der Waals surface area contributed by atoms with E-state index in [-0.39, 0.29) is 29.7 Å². The molecule has 2 aliphatic carbocycles. The highest BCUT2D eigenvalue weighted by Gasteiger charge is 2.45. The van der Waals surface area contributed by atoms with E-state index in [0.717, 1.165) is 18.4 Å². The zero-order chi connectivity index (χ0) is 15.0. The van der Waals surface area contributed by atoms with Gasteiger partial charge in [0.1, 0.15) is 0 Å². The van der Waals surface area contributed by atoms with E-state index in [2.05, 4.69) is 5.32 Å². The Morgan fingerprint density at radius 2 is 1.95 bits per heavy atom. The van der Waals surface area contributed by atoms with Crippen LogP contribution in [0.15, 0.2) is 24.3 Å².